The molecule has 3 heterocycles. The smallest absolute Gasteiger partial charge is 0.336 e. The van der Waals surface area contributed by atoms with Crippen molar-refractivity contribution in [3.63, 3.8) is 0 Å². The van der Waals surface area contributed by atoms with Crippen LogP contribution in [-0.4, -0.2) is 30.1 Å². The normalized spacial score (nSPS) is 14.6. The molecule has 166 valence electrons. The Labute approximate surface area is 189 Å². The Morgan fingerprint density at radius 1 is 1.00 bits per heavy atom. The predicted octanol–water partition coefficient (Wildman–Crippen LogP) is 4.92. The van der Waals surface area contributed by atoms with Crippen molar-refractivity contribution >= 4 is 33.5 Å². The molecule has 0 bridgehead atoms. The van der Waals surface area contributed by atoms with Crippen molar-refractivity contribution in [3.05, 3.63) is 64.7 Å². The molecule has 0 fully saturated rings. The first-order valence-electron chi connectivity index (χ1n) is 10.4. The fraction of sp³-hybridized carbons (Fsp3) is 0.292. The number of para-hydroxylation sites is 1. The molecule has 8 heteroatoms. The van der Waals surface area contributed by atoms with Crippen LogP contribution in [0.2, 0.25) is 0 Å². The Hall–Kier alpha value is -3.39. The fourth-order valence-electron chi connectivity index (χ4n) is 3.84. The van der Waals surface area contributed by atoms with Crippen LogP contribution in [0.15, 0.2) is 63.4 Å². The molecule has 3 aromatic rings. The number of nitrogens with zero attached hydrogens (tertiary/aromatic N) is 1. The molecule has 0 spiro atoms. The first-order valence-corrected chi connectivity index (χ1v) is 11.2. The van der Waals surface area contributed by atoms with Crippen LogP contribution in [0.1, 0.15) is 39.4 Å². The number of carbonyl (C=O) groups is 2. The largest absolute Gasteiger partial charge is 0.463 e. The summed E-state index contributed by atoms with van der Waals surface area (Å²) >= 11 is 1.52. The number of carbonyl (C=O) groups excluding carboxylic acids is 2. The van der Waals surface area contributed by atoms with Crippen LogP contribution < -0.4 is 5.32 Å². The van der Waals surface area contributed by atoms with Gasteiger partial charge in [-0.15, -0.1) is 11.3 Å². The second kappa shape index (κ2) is 9.00. The Bertz CT molecular complexity index is 1180. The van der Waals surface area contributed by atoms with Crippen molar-refractivity contribution in [2.45, 2.75) is 33.6 Å². The van der Waals surface area contributed by atoms with Gasteiger partial charge in [0.2, 0.25) is 0 Å². The summed E-state index contributed by atoms with van der Waals surface area (Å²) in [5.41, 5.74) is 2.75. The molecule has 0 unspecified atom stereocenters. The summed E-state index contributed by atoms with van der Waals surface area (Å²) in [7, 11) is 0. The first kappa shape index (κ1) is 21.8. The molecule has 4 rings (SSSR count). The highest BCUT2D eigenvalue weighted by Crippen LogP contribution is 2.41. The van der Waals surface area contributed by atoms with Gasteiger partial charge in [0.05, 0.1) is 40.5 Å². The lowest BCUT2D eigenvalue weighted by molar-refractivity contribution is -0.139. The summed E-state index contributed by atoms with van der Waals surface area (Å²) < 4.78 is 17.8. The number of allylic oxidation sites excluding steroid dienone is 2. The molecule has 0 saturated carbocycles. The number of dihydropyridines is 1. The molecule has 1 aliphatic heterocycles. The number of hydrogen-bond acceptors (Lipinski definition) is 8. The minimum absolute atomic E-state index is 0.217. The third-order valence-corrected chi connectivity index (χ3v) is 6.22. The topological polar surface area (TPSA) is 90.7 Å². The van der Waals surface area contributed by atoms with E-state index in [1.165, 1.54) is 11.3 Å². The quantitative estimate of drug-likeness (QED) is 0.531. The van der Waals surface area contributed by atoms with E-state index in [0.29, 0.717) is 34.1 Å². The molecule has 0 radical (unpaired) electrons. The van der Waals surface area contributed by atoms with Gasteiger partial charge < -0.3 is 19.2 Å². The lowest BCUT2D eigenvalue weighted by Crippen LogP contribution is -2.32. The fourth-order valence-corrected chi connectivity index (χ4v) is 4.77. The molecule has 1 aliphatic rings. The van der Waals surface area contributed by atoms with Crippen LogP contribution in [0.5, 0.6) is 0 Å². The number of thiazole rings is 1. The standard InChI is InChI=1S/C24H24N2O5S/c1-5-29-23(27)19-13(3)25-14(4)20(24(28)30-6-2)21(19)16-11-12-17(31-16)22-26-15-9-7-8-10-18(15)32-22/h7-12,21,25H,5-6H2,1-4H3. The molecular weight excluding hydrogens is 428 g/mol. The third-order valence-electron chi connectivity index (χ3n) is 5.17. The summed E-state index contributed by atoms with van der Waals surface area (Å²) in [6.45, 7) is 7.48. The van der Waals surface area contributed by atoms with E-state index in [1.54, 1.807) is 33.8 Å². The van der Waals surface area contributed by atoms with Gasteiger partial charge in [-0.05, 0) is 52.0 Å². The Morgan fingerprint density at radius 2 is 1.62 bits per heavy atom. The zero-order valence-corrected chi connectivity index (χ0v) is 19.2. The lowest BCUT2D eigenvalue weighted by atomic mass is 9.83. The average molecular weight is 453 g/mol. The highest BCUT2D eigenvalue weighted by molar-refractivity contribution is 7.21. The number of esters is 2. The van der Waals surface area contributed by atoms with Crippen LogP contribution in [-0.2, 0) is 19.1 Å². The maximum absolute atomic E-state index is 12.9. The van der Waals surface area contributed by atoms with E-state index < -0.39 is 17.9 Å². The van der Waals surface area contributed by atoms with Gasteiger partial charge in [0.1, 0.15) is 5.76 Å². The van der Waals surface area contributed by atoms with Gasteiger partial charge in [-0.1, -0.05) is 12.1 Å². The Kier molecular flexibility index (Phi) is 6.14. The van der Waals surface area contributed by atoms with Crippen LogP contribution in [0.25, 0.3) is 21.0 Å². The van der Waals surface area contributed by atoms with Gasteiger partial charge in [0.25, 0.3) is 0 Å². The molecule has 0 atom stereocenters. The second-order valence-electron chi connectivity index (χ2n) is 7.27. The van der Waals surface area contributed by atoms with Gasteiger partial charge in [-0.3, -0.25) is 0 Å². The number of hydrogen-bond donors (Lipinski definition) is 1. The minimum Gasteiger partial charge on any atom is -0.463 e. The van der Waals surface area contributed by atoms with Gasteiger partial charge in [-0.25, -0.2) is 14.6 Å². The number of nitrogens with one attached hydrogen (secondary N) is 1. The van der Waals surface area contributed by atoms with E-state index in [0.717, 1.165) is 15.2 Å². The molecule has 7 nitrogen and oxygen atoms in total. The van der Waals surface area contributed by atoms with Gasteiger partial charge in [-0.2, -0.15) is 0 Å². The summed E-state index contributed by atoms with van der Waals surface area (Å²) in [6, 6.07) is 11.4. The van der Waals surface area contributed by atoms with E-state index in [-0.39, 0.29) is 13.2 Å². The Balaban J connectivity index is 1.81. The molecule has 32 heavy (non-hydrogen) atoms. The molecular formula is C24H24N2O5S. The number of fused-ring (bicyclic) bond motifs is 1. The van der Waals surface area contributed by atoms with E-state index in [9.17, 15) is 9.59 Å². The van der Waals surface area contributed by atoms with Crippen molar-refractivity contribution in [1.82, 2.24) is 10.3 Å². The van der Waals surface area contributed by atoms with Crippen molar-refractivity contribution in [2.24, 2.45) is 0 Å². The molecule has 2 aromatic heterocycles. The molecule has 1 aromatic carbocycles. The van der Waals surface area contributed by atoms with Crippen molar-refractivity contribution in [1.29, 1.82) is 0 Å². The summed E-state index contributed by atoms with van der Waals surface area (Å²) in [5, 5.41) is 3.84. The second-order valence-corrected chi connectivity index (χ2v) is 8.30. The third kappa shape index (κ3) is 3.93. The monoisotopic (exact) mass is 452 g/mol. The number of furan rings is 1. The SMILES string of the molecule is CCOC(=O)C1=C(C)NC(C)=C(C(=O)OCC)C1c1ccc(-c2nc3ccccc3s2)o1. The zero-order valence-electron chi connectivity index (χ0n) is 18.4. The van der Waals surface area contributed by atoms with Crippen LogP contribution in [0.4, 0.5) is 0 Å². The number of aromatic nitrogens is 1. The van der Waals surface area contributed by atoms with Gasteiger partial charge in [0.15, 0.2) is 10.8 Å². The number of rotatable bonds is 6. The molecule has 1 N–H and O–H groups in total. The van der Waals surface area contributed by atoms with Crippen molar-refractivity contribution in [2.75, 3.05) is 13.2 Å². The minimum atomic E-state index is -0.752. The highest BCUT2D eigenvalue weighted by Gasteiger charge is 2.40. The van der Waals surface area contributed by atoms with Gasteiger partial charge in [0, 0.05) is 11.4 Å². The van der Waals surface area contributed by atoms with Crippen LogP contribution in [0, 0.1) is 0 Å². The number of benzene rings is 1. The zero-order chi connectivity index (χ0) is 22.8. The number of ether oxygens (including phenoxy) is 2. The molecule has 0 amide bonds. The van der Waals surface area contributed by atoms with E-state index >= 15 is 0 Å². The van der Waals surface area contributed by atoms with Crippen molar-refractivity contribution in [3.8, 4) is 10.8 Å². The first-order chi connectivity index (χ1) is 15.4. The lowest BCUT2D eigenvalue weighted by Gasteiger charge is -2.28. The van der Waals surface area contributed by atoms with E-state index in [1.807, 2.05) is 30.3 Å². The Morgan fingerprint density at radius 3 is 2.22 bits per heavy atom. The van der Waals surface area contributed by atoms with Crippen molar-refractivity contribution < 1.29 is 23.5 Å². The predicted molar refractivity (Wildman–Crippen MR) is 122 cm³/mol. The maximum Gasteiger partial charge on any atom is 0.336 e. The van der Waals surface area contributed by atoms with E-state index in [2.05, 4.69) is 10.3 Å². The average Bonchev–Trinajstić information content (AvgIpc) is 3.40. The molecule has 0 aliphatic carbocycles. The van der Waals surface area contributed by atoms with Gasteiger partial charge >= 0.3 is 11.9 Å². The maximum atomic E-state index is 12.9. The van der Waals surface area contributed by atoms with Crippen LogP contribution in [0.3, 0.4) is 0 Å². The van der Waals surface area contributed by atoms with Crippen LogP contribution >= 0.6 is 11.3 Å². The summed E-state index contributed by atoms with van der Waals surface area (Å²) in [6.07, 6.45) is 0. The summed E-state index contributed by atoms with van der Waals surface area (Å²) in [5.74, 6) is -0.742. The summed E-state index contributed by atoms with van der Waals surface area (Å²) in [4.78, 5) is 30.4. The molecule has 0 saturated heterocycles. The highest BCUT2D eigenvalue weighted by atomic mass is 32.1. The van der Waals surface area contributed by atoms with E-state index in [4.69, 9.17) is 13.9 Å².